The molecule has 2 rings (SSSR count). The highest BCUT2D eigenvalue weighted by atomic mass is 16.5. The molecule has 2 heterocycles. The van der Waals surface area contributed by atoms with Crippen LogP contribution in [0.2, 0.25) is 0 Å². The van der Waals surface area contributed by atoms with Gasteiger partial charge in [0.05, 0.1) is 13.2 Å². The summed E-state index contributed by atoms with van der Waals surface area (Å²) in [5, 5.41) is 0. The molecule has 108 valence electrons. The van der Waals surface area contributed by atoms with Crippen LogP contribution in [0.4, 0.5) is 0 Å². The zero-order chi connectivity index (χ0) is 14.1. The molecule has 0 bridgehead atoms. The van der Waals surface area contributed by atoms with Gasteiger partial charge >= 0.3 is 0 Å². The number of morpholine rings is 1. The molecule has 0 saturated carbocycles. The van der Waals surface area contributed by atoms with Crippen LogP contribution in [0.5, 0.6) is 0 Å². The van der Waals surface area contributed by atoms with Crippen LogP contribution in [0, 0.1) is 5.92 Å². The summed E-state index contributed by atoms with van der Waals surface area (Å²) in [6.45, 7) is 12.3. The maximum Gasteiger partial charge on any atom is 0.108 e. The summed E-state index contributed by atoms with van der Waals surface area (Å²) in [5.74, 6) is 2.05. The molecule has 0 amide bonds. The van der Waals surface area contributed by atoms with Gasteiger partial charge in [0.25, 0.3) is 0 Å². The average Bonchev–Trinajstić information content (AvgIpc) is 2.65. The third-order valence-corrected chi connectivity index (χ3v) is 3.36. The second-order valence-corrected chi connectivity index (χ2v) is 5.41. The molecule has 2 aliphatic rings. The molecule has 1 fully saturated rings. The summed E-state index contributed by atoms with van der Waals surface area (Å²) >= 11 is 0. The molecule has 0 aromatic rings. The molecule has 2 aliphatic heterocycles. The minimum atomic E-state index is 0.825. The average molecular weight is 264 g/mol. The van der Waals surface area contributed by atoms with Crippen molar-refractivity contribution in [3.05, 3.63) is 23.9 Å². The van der Waals surface area contributed by atoms with Gasteiger partial charge < -0.3 is 9.64 Å². The van der Waals surface area contributed by atoms with Crippen LogP contribution in [0.15, 0.2) is 28.9 Å². The van der Waals surface area contributed by atoms with Gasteiger partial charge in [-0.2, -0.15) is 0 Å². The van der Waals surface area contributed by atoms with Gasteiger partial charge in [-0.15, -0.1) is 0 Å². The molecule has 0 spiro atoms. The number of aliphatic imine (C=N–C) groups is 1. The van der Waals surface area contributed by atoms with E-state index in [-0.39, 0.29) is 0 Å². The number of amidine groups is 1. The number of rotatable bonds is 1. The van der Waals surface area contributed by atoms with Gasteiger partial charge in [0.1, 0.15) is 5.84 Å². The van der Waals surface area contributed by atoms with Crippen molar-refractivity contribution < 1.29 is 4.74 Å². The normalized spacial score (nSPS) is 19.3. The Bertz CT molecular complexity index is 334. The molecule has 3 nitrogen and oxygen atoms in total. The first-order chi connectivity index (χ1) is 9.13. The number of hydrogen-bond donors (Lipinski definition) is 0. The lowest BCUT2D eigenvalue weighted by molar-refractivity contribution is 0.0675. The molecule has 0 aromatic carbocycles. The lowest BCUT2D eigenvalue weighted by Gasteiger charge is -2.29. The molecule has 1 saturated heterocycles. The van der Waals surface area contributed by atoms with E-state index >= 15 is 0 Å². The predicted octanol–water partition coefficient (Wildman–Crippen LogP) is 3.63. The van der Waals surface area contributed by atoms with E-state index in [1.54, 1.807) is 0 Å². The van der Waals surface area contributed by atoms with Crippen LogP contribution in [0.1, 0.15) is 40.5 Å². The predicted molar refractivity (Wildman–Crippen MR) is 82.5 cm³/mol. The Labute approximate surface area is 118 Å². The van der Waals surface area contributed by atoms with E-state index in [9.17, 15) is 0 Å². The fraction of sp³-hybridized carbons (Fsp3) is 0.688. The highest BCUT2D eigenvalue weighted by Gasteiger charge is 2.14. The van der Waals surface area contributed by atoms with E-state index in [1.165, 1.54) is 17.8 Å². The Morgan fingerprint density at radius 1 is 1.32 bits per heavy atom. The van der Waals surface area contributed by atoms with Gasteiger partial charge in [0.15, 0.2) is 0 Å². The summed E-state index contributed by atoms with van der Waals surface area (Å²) in [5.41, 5.74) is 1.29. The SMILES string of the molecule is CC1=CCC(N2CCOCC2)=NC=C1.CCC(C)C. The molecule has 3 heteroatoms. The highest BCUT2D eigenvalue weighted by molar-refractivity contribution is 5.84. The van der Waals surface area contributed by atoms with E-state index in [4.69, 9.17) is 4.74 Å². The van der Waals surface area contributed by atoms with E-state index < -0.39 is 0 Å². The van der Waals surface area contributed by atoms with Crippen molar-refractivity contribution >= 4 is 5.84 Å². The van der Waals surface area contributed by atoms with Crippen LogP contribution >= 0.6 is 0 Å². The zero-order valence-corrected chi connectivity index (χ0v) is 12.9. The third-order valence-electron chi connectivity index (χ3n) is 3.36. The Morgan fingerprint density at radius 2 is 1.95 bits per heavy atom. The lowest BCUT2D eigenvalue weighted by atomic mass is 10.2. The minimum Gasteiger partial charge on any atom is -0.378 e. The molecule has 0 N–H and O–H groups in total. The summed E-state index contributed by atoms with van der Waals surface area (Å²) in [4.78, 5) is 6.76. The summed E-state index contributed by atoms with van der Waals surface area (Å²) in [6.07, 6.45) is 8.41. The first kappa shape index (κ1) is 16.0. The second-order valence-electron chi connectivity index (χ2n) is 5.41. The summed E-state index contributed by atoms with van der Waals surface area (Å²) in [7, 11) is 0. The molecule has 19 heavy (non-hydrogen) atoms. The van der Waals surface area contributed by atoms with Gasteiger partial charge in [0, 0.05) is 25.7 Å². The molecule has 0 atom stereocenters. The van der Waals surface area contributed by atoms with Crippen LogP contribution in [0.3, 0.4) is 0 Å². The van der Waals surface area contributed by atoms with Gasteiger partial charge in [-0.1, -0.05) is 38.8 Å². The standard InChI is InChI=1S/C11H16N2O.C5H12/c1-10-2-3-11(12-5-4-10)13-6-8-14-9-7-13;1-4-5(2)3/h2,4-5H,3,6-9H2,1H3;5H,4H2,1-3H3. The molecular formula is C16H28N2O. The summed E-state index contributed by atoms with van der Waals surface area (Å²) in [6, 6.07) is 0. The van der Waals surface area contributed by atoms with Crippen molar-refractivity contribution in [2.75, 3.05) is 26.3 Å². The first-order valence-corrected chi connectivity index (χ1v) is 7.36. The van der Waals surface area contributed by atoms with Crippen LogP contribution in [0.25, 0.3) is 0 Å². The Balaban J connectivity index is 0.000000312. The highest BCUT2D eigenvalue weighted by Crippen LogP contribution is 2.09. The number of allylic oxidation sites excluding steroid dienone is 2. The van der Waals surface area contributed by atoms with E-state index in [1.807, 2.05) is 12.3 Å². The molecule has 0 unspecified atom stereocenters. The zero-order valence-electron chi connectivity index (χ0n) is 12.9. The monoisotopic (exact) mass is 264 g/mol. The Kier molecular flexibility index (Phi) is 7.49. The van der Waals surface area contributed by atoms with Crippen LogP contribution < -0.4 is 0 Å². The van der Waals surface area contributed by atoms with Crippen molar-refractivity contribution in [1.29, 1.82) is 0 Å². The molecule has 0 radical (unpaired) electrons. The number of hydrogen-bond acceptors (Lipinski definition) is 3. The minimum absolute atomic E-state index is 0.825. The van der Waals surface area contributed by atoms with E-state index in [0.29, 0.717) is 0 Å². The third kappa shape index (κ3) is 6.58. The first-order valence-electron chi connectivity index (χ1n) is 7.36. The Hall–Kier alpha value is -1.09. The van der Waals surface area contributed by atoms with Gasteiger partial charge in [-0.3, -0.25) is 0 Å². The largest absolute Gasteiger partial charge is 0.378 e. The van der Waals surface area contributed by atoms with Crippen molar-refractivity contribution in [3.63, 3.8) is 0 Å². The maximum atomic E-state index is 5.31. The number of nitrogens with zero attached hydrogens (tertiary/aromatic N) is 2. The van der Waals surface area contributed by atoms with Gasteiger partial charge in [0.2, 0.25) is 0 Å². The van der Waals surface area contributed by atoms with E-state index in [2.05, 4.69) is 43.7 Å². The van der Waals surface area contributed by atoms with Crippen LogP contribution in [-0.4, -0.2) is 37.0 Å². The van der Waals surface area contributed by atoms with Crippen molar-refractivity contribution in [2.24, 2.45) is 10.9 Å². The fourth-order valence-corrected chi connectivity index (χ4v) is 1.65. The molecule has 0 aliphatic carbocycles. The second kappa shape index (κ2) is 8.92. The number of ether oxygens (including phenoxy) is 1. The van der Waals surface area contributed by atoms with Crippen molar-refractivity contribution in [2.45, 2.75) is 40.5 Å². The van der Waals surface area contributed by atoms with Gasteiger partial charge in [-0.05, 0) is 18.9 Å². The fourth-order valence-electron chi connectivity index (χ4n) is 1.65. The van der Waals surface area contributed by atoms with Crippen molar-refractivity contribution in [3.8, 4) is 0 Å². The van der Waals surface area contributed by atoms with Crippen molar-refractivity contribution in [1.82, 2.24) is 4.90 Å². The van der Waals surface area contributed by atoms with Gasteiger partial charge in [-0.25, -0.2) is 4.99 Å². The summed E-state index contributed by atoms with van der Waals surface area (Å²) < 4.78 is 5.31. The topological polar surface area (TPSA) is 24.8 Å². The smallest absolute Gasteiger partial charge is 0.108 e. The molecule has 0 aromatic heterocycles. The molecular weight excluding hydrogens is 236 g/mol. The van der Waals surface area contributed by atoms with E-state index in [0.717, 1.165) is 38.6 Å². The van der Waals surface area contributed by atoms with Crippen LogP contribution in [-0.2, 0) is 4.74 Å². The lowest BCUT2D eigenvalue weighted by Crippen LogP contribution is -2.40. The quantitative estimate of drug-likeness (QED) is 0.722. The Morgan fingerprint density at radius 3 is 2.53 bits per heavy atom. The maximum absolute atomic E-state index is 5.31.